The quantitative estimate of drug-likeness (QED) is 0.192. The van der Waals surface area contributed by atoms with Crippen LogP contribution in [0.2, 0.25) is 0 Å². The third kappa shape index (κ3) is 6.16. The Bertz CT molecular complexity index is 1400. The molecule has 0 heterocycles. The van der Waals surface area contributed by atoms with Gasteiger partial charge in [0.15, 0.2) is 0 Å². The van der Waals surface area contributed by atoms with E-state index in [9.17, 15) is 10.5 Å². The van der Waals surface area contributed by atoms with Gasteiger partial charge in [0.05, 0.1) is 17.2 Å². The Balaban J connectivity index is 1.66. The van der Waals surface area contributed by atoms with Crippen LogP contribution in [0.5, 0.6) is 0 Å². The lowest BCUT2D eigenvalue weighted by Gasteiger charge is -2.14. The third-order valence-electron chi connectivity index (χ3n) is 5.63. The molecule has 0 saturated carbocycles. The van der Waals surface area contributed by atoms with Crippen molar-refractivity contribution in [1.29, 1.82) is 10.5 Å². The molecule has 4 aromatic rings. The Labute approximate surface area is 273 Å². The third-order valence-corrected chi connectivity index (χ3v) is 9.92. The van der Waals surface area contributed by atoms with E-state index >= 15 is 0 Å². The lowest BCUT2D eigenvalue weighted by atomic mass is 9.97. The van der Waals surface area contributed by atoms with Gasteiger partial charge in [-0.05, 0) is 197 Å². The molecule has 0 bridgehead atoms. The van der Waals surface area contributed by atoms with Gasteiger partial charge < -0.3 is 0 Å². The maximum absolute atomic E-state index is 9.25. The lowest BCUT2D eigenvalue weighted by Crippen LogP contribution is -1.98. The average Bonchev–Trinajstić information content (AvgIpc) is 2.78. The van der Waals surface area contributed by atoms with Gasteiger partial charge in [0.2, 0.25) is 0 Å². The van der Waals surface area contributed by atoms with Crippen LogP contribution in [0.3, 0.4) is 0 Å². The first-order chi connectivity index (χ1) is 16.7. The molecule has 0 radical (unpaired) electrons. The number of aryl methyl sites for hydroxylation is 1. The number of hydrogen-bond acceptors (Lipinski definition) is 2. The van der Waals surface area contributed by atoms with Crippen LogP contribution in [-0.4, -0.2) is 0 Å². The molecule has 0 fully saturated rings. The van der Waals surface area contributed by atoms with Crippen molar-refractivity contribution in [2.75, 3.05) is 0 Å². The summed E-state index contributed by atoms with van der Waals surface area (Å²) in [6.45, 7) is 1.99. The number of halogens is 5. The number of nitriles is 2. The van der Waals surface area contributed by atoms with Gasteiger partial charge in [0.1, 0.15) is 6.07 Å². The summed E-state index contributed by atoms with van der Waals surface area (Å²) in [6, 6.07) is 25.6. The molecule has 0 N–H and O–H groups in total. The van der Waals surface area contributed by atoms with Crippen LogP contribution in [-0.2, 0) is 6.42 Å². The standard InChI is InChI=1S/C28H15I5N2/c1-15-6-18(2-4-20(15)13-34)27-23(30)8-16(9-24(27)31)7-17-10-25(32)28(26(33)11-17)19-3-5-21(14-35)22(29)12-19/h2-6,8-12H,7H2,1H3. The summed E-state index contributed by atoms with van der Waals surface area (Å²) in [5.74, 6) is 0. The maximum atomic E-state index is 9.25. The number of rotatable bonds is 4. The topological polar surface area (TPSA) is 47.6 Å². The van der Waals surface area contributed by atoms with E-state index < -0.39 is 0 Å². The van der Waals surface area contributed by atoms with Crippen molar-refractivity contribution < 1.29 is 0 Å². The monoisotopic (exact) mass is 1010 g/mol. The van der Waals surface area contributed by atoms with Gasteiger partial charge >= 0.3 is 0 Å². The highest BCUT2D eigenvalue weighted by molar-refractivity contribution is 14.1. The Morgan fingerprint density at radius 3 is 1.40 bits per heavy atom. The predicted octanol–water partition coefficient (Wildman–Crippen LogP) is 9.69. The molecule has 0 aliphatic rings. The van der Waals surface area contributed by atoms with Crippen LogP contribution in [0.4, 0.5) is 0 Å². The molecule has 7 heteroatoms. The number of nitrogens with zero attached hydrogens (tertiary/aromatic N) is 2. The molecular weight excluding hydrogens is 999 g/mol. The van der Waals surface area contributed by atoms with Gasteiger partial charge in [-0.2, -0.15) is 10.5 Å². The van der Waals surface area contributed by atoms with E-state index in [0.29, 0.717) is 5.56 Å². The van der Waals surface area contributed by atoms with E-state index in [1.165, 1.54) is 36.5 Å². The maximum Gasteiger partial charge on any atom is 0.100 e. The van der Waals surface area contributed by atoms with Crippen molar-refractivity contribution in [3.8, 4) is 34.4 Å². The average molecular weight is 1010 g/mol. The first kappa shape index (κ1) is 27.5. The second-order valence-corrected chi connectivity index (χ2v) is 13.8. The zero-order valence-electron chi connectivity index (χ0n) is 18.3. The summed E-state index contributed by atoms with van der Waals surface area (Å²) in [7, 11) is 0. The van der Waals surface area contributed by atoms with Crippen LogP contribution in [0, 0.1) is 47.4 Å². The molecule has 0 aliphatic carbocycles. The molecule has 0 amide bonds. The van der Waals surface area contributed by atoms with Gasteiger partial charge in [-0.3, -0.25) is 0 Å². The molecule has 0 spiro atoms. The second kappa shape index (κ2) is 11.9. The summed E-state index contributed by atoms with van der Waals surface area (Å²) in [4.78, 5) is 0. The summed E-state index contributed by atoms with van der Waals surface area (Å²) in [5, 5.41) is 18.5. The van der Waals surface area contributed by atoms with Gasteiger partial charge in [0.25, 0.3) is 0 Å². The lowest BCUT2D eigenvalue weighted by molar-refractivity contribution is 1.18. The molecule has 2 nitrogen and oxygen atoms in total. The van der Waals surface area contributed by atoms with E-state index in [2.05, 4.69) is 161 Å². The summed E-state index contributed by atoms with van der Waals surface area (Å²) in [5.41, 5.74) is 9.71. The highest BCUT2D eigenvalue weighted by Crippen LogP contribution is 2.36. The number of benzene rings is 4. The summed E-state index contributed by atoms with van der Waals surface area (Å²) >= 11 is 11.9. The van der Waals surface area contributed by atoms with Crippen LogP contribution < -0.4 is 0 Å². The minimum Gasteiger partial charge on any atom is -0.192 e. The fourth-order valence-electron chi connectivity index (χ4n) is 3.95. The van der Waals surface area contributed by atoms with E-state index in [-0.39, 0.29) is 0 Å². The molecular formula is C28H15I5N2. The molecule has 0 saturated heterocycles. The van der Waals surface area contributed by atoms with Gasteiger partial charge in [-0.25, -0.2) is 0 Å². The normalized spacial score (nSPS) is 10.6. The van der Waals surface area contributed by atoms with Crippen LogP contribution in [0.1, 0.15) is 27.8 Å². The predicted molar refractivity (Wildman–Crippen MR) is 184 cm³/mol. The second-order valence-electron chi connectivity index (χ2n) is 7.99. The van der Waals surface area contributed by atoms with E-state index in [1.807, 2.05) is 31.2 Å². The minimum atomic E-state index is 0.708. The van der Waals surface area contributed by atoms with E-state index in [0.717, 1.165) is 32.2 Å². The molecule has 0 aromatic heterocycles. The Morgan fingerprint density at radius 2 is 1.00 bits per heavy atom. The molecule has 4 rings (SSSR count). The fourth-order valence-corrected chi connectivity index (χ4v) is 9.62. The van der Waals surface area contributed by atoms with Crippen LogP contribution in [0.25, 0.3) is 22.3 Å². The van der Waals surface area contributed by atoms with Crippen molar-refractivity contribution in [1.82, 2.24) is 0 Å². The highest BCUT2D eigenvalue weighted by Gasteiger charge is 2.15. The molecule has 0 unspecified atom stereocenters. The number of hydrogen-bond donors (Lipinski definition) is 0. The largest absolute Gasteiger partial charge is 0.192 e. The highest BCUT2D eigenvalue weighted by atomic mass is 127. The zero-order chi connectivity index (χ0) is 25.3. The molecule has 0 aliphatic heterocycles. The SMILES string of the molecule is Cc1cc(-c2c(I)cc(Cc3cc(I)c(-c4ccc(C#N)c(I)c4)c(I)c3)cc2I)ccc1C#N. The molecule has 172 valence electrons. The molecule has 35 heavy (non-hydrogen) atoms. The Kier molecular flexibility index (Phi) is 9.38. The fraction of sp³-hybridized carbons (Fsp3) is 0.0714. The minimum absolute atomic E-state index is 0.708. The van der Waals surface area contributed by atoms with Gasteiger partial charge in [0, 0.05) is 29.0 Å². The van der Waals surface area contributed by atoms with Crippen LogP contribution in [0.15, 0.2) is 60.7 Å². The smallest absolute Gasteiger partial charge is 0.100 e. The van der Waals surface area contributed by atoms with Crippen molar-refractivity contribution in [3.05, 3.63) is 106 Å². The summed E-state index contributed by atoms with van der Waals surface area (Å²) in [6.07, 6.45) is 0.857. The van der Waals surface area contributed by atoms with Gasteiger partial charge in [-0.15, -0.1) is 0 Å². The van der Waals surface area contributed by atoms with E-state index in [4.69, 9.17) is 0 Å². The van der Waals surface area contributed by atoms with Crippen molar-refractivity contribution in [3.63, 3.8) is 0 Å². The van der Waals surface area contributed by atoms with E-state index in [1.54, 1.807) is 0 Å². The van der Waals surface area contributed by atoms with Crippen LogP contribution >= 0.6 is 113 Å². The first-order valence-corrected chi connectivity index (χ1v) is 15.8. The Hall–Kier alpha value is -0.490. The van der Waals surface area contributed by atoms with Crippen molar-refractivity contribution in [2.45, 2.75) is 13.3 Å². The van der Waals surface area contributed by atoms with Crippen molar-refractivity contribution >= 4 is 113 Å². The summed E-state index contributed by atoms with van der Waals surface area (Å²) < 4.78 is 5.81. The molecule has 0 atom stereocenters. The zero-order valence-corrected chi connectivity index (χ0v) is 29.1. The Morgan fingerprint density at radius 1 is 0.571 bits per heavy atom. The molecule has 4 aromatic carbocycles. The van der Waals surface area contributed by atoms with Gasteiger partial charge in [-0.1, -0.05) is 18.2 Å². The first-order valence-electron chi connectivity index (χ1n) is 10.4. The van der Waals surface area contributed by atoms with Crippen molar-refractivity contribution in [2.24, 2.45) is 0 Å².